The first-order valence-electron chi connectivity index (χ1n) is 7.29. The summed E-state index contributed by atoms with van der Waals surface area (Å²) in [5.74, 6) is -0.324. The van der Waals surface area contributed by atoms with Gasteiger partial charge in [-0.2, -0.15) is 0 Å². The highest BCUT2D eigenvalue weighted by Crippen LogP contribution is 2.15. The highest BCUT2D eigenvalue weighted by atomic mass is 16.5. The van der Waals surface area contributed by atoms with Crippen molar-refractivity contribution in [2.75, 3.05) is 13.2 Å². The number of ether oxygens (including phenoxy) is 1. The third kappa shape index (κ3) is 6.25. The van der Waals surface area contributed by atoms with E-state index in [4.69, 9.17) is 10.5 Å². The fourth-order valence-electron chi connectivity index (χ4n) is 2.06. The Hall–Kier alpha value is -1.43. The molecule has 0 spiro atoms. The zero-order valence-corrected chi connectivity index (χ0v) is 13.0. The summed E-state index contributed by atoms with van der Waals surface area (Å²) in [4.78, 5) is 11.3. The Morgan fingerprint density at radius 1 is 1.29 bits per heavy atom. The summed E-state index contributed by atoms with van der Waals surface area (Å²) in [6, 6.07) is 9.38. The summed E-state index contributed by atoms with van der Waals surface area (Å²) in [7, 11) is 0. The van der Waals surface area contributed by atoms with Crippen LogP contribution in [0, 0.1) is 5.92 Å². The van der Waals surface area contributed by atoms with E-state index in [1.54, 1.807) is 0 Å². The molecule has 21 heavy (non-hydrogen) atoms. The second-order valence-electron chi connectivity index (χ2n) is 5.57. The Bertz CT molecular complexity index is 423. The lowest BCUT2D eigenvalue weighted by Crippen LogP contribution is -2.48. The van der Waals surface area contributed by atoms with E-state index in [2.05, 4.69) is 5.32 Å². The molecule has 0 aliphatic heterocycles. The van der Waals surface area contributed by atoms with E-state index in [0.717, 1.165) is 5.56 Å². The van der Waals surface area contributed by atoms with Crippen molar-refractivity contribution >= 4 is 5.91 Å². The summed E-state index contributed by atoms with van der Waals surface area (Å²) >= 11 is 0. The van der Waals surface area contributed by atoms with Crippen LogP contribution in [-0.4, -0.2) is 36.3 Å². The van der Waals surface area contributed by atoms with Gasteiger partial charge < -0.3 is 20.9 Å². The van der Waals surface area contributed by atoms with Crippen molar-refractivity contribution in [1.82, 2.24) is 5.32 Å². The minimum absolute atomic E-state index is 0.0823. The van der Waals surface area contributed by atoms with Gasteiger partial charge in [-0.15, -0.1) is 0 Å². The molecule has 3 atom stereocenters. The normalized spacial score (nSPS) is 15.7. The Morgan fingerprint density at radius 2 is 1.90 bits per heavy atom. The number of hydrogen-bond acceptors (Lipinski definition) is 4. The van der Waals surface area contributed by atoms with Crippen LogP contribution in [0.1, 0.15) is 32.4 Å². The van der Waals surface area contributed by atoms with E-state index in [1.165, 1.54) is 0 Å². The predicted molar refractivity (Wildman–Crippen MR) is 82.6 cm³/mol. The molecule has 0 bridgehead atoms. The van der Waals surface area contributed by atoms with Crippen LogP contribution in [0.3, 0.4) is 0 Å². The maximum Gasteiger partial charge on any atom is 0.234 e. The molecule has 1 amide bonds. The summed E-state index contributed by atoms with van der Waals surface area (Å²) in [5.41, 5.74) is 6.37. The van der Waals surface area contributed by atoms with Crippen molar-refractivity contribution in [2.45, 2.75) is 39.0 Å². The average Bonchev–Trinajstić information content (AvgIpc) is 2.45. The summed E-state index contributed by atoms with van der Waals surface area (Å²) < 4.78 is 5.64. The van der Waals surface area contributed by atoms with Gasteiger partial charge in [-0.1, -0.05) is 44.2 Å². The molecule has 1 rings (SSSR count). The van der Waals surface area contributed by atoms with Crippen LogP contribution in [-0.2, 0) is 9.53 Å². The number of aliphatic hydroxyl groups is 1. The van der Waals surface area contributed by atoms with Gasteiger partial charge in [0.25, 0.3) is 0 Å². The fraction of sp³-hybridized carbons (Fsp3) is 0.562. The number of carbonyl (C=O) groups excluding carboxylic acids is 1. The van der Waals surface area contributed by atoms with Crippen molar-refractivity contribution < 1.29 is 14.6 Å². The number of nitrogens with two attached hydrogens (primary N) is 1. The highest BCUT2D eigenvalue weighted by Gasteiger charge is 2.20. The predicted octanol–water partition coefficient (Wildman–Crippen LogP) is 1.22. The molecule has 0 fully saturated rings. The quantitative estimate of drug-likeness (QED) is 0.639. The molecule has 0 saturated heterocycles. The molecule has 0 radical (unpaired) electrons. The Morgan fingerprint density at radius 3 is 2.43 bits per heavy atom. The summed E-state index contributed by atoms with van der Waals surface area (Å²) in [6.45, 7) is 6.22. The maximum absolute atomic E-state index is 11.3. The number of hydrogen-bond donors (Lipinski definition) is 3. The maximum atomic E-state index is 11.3. The molecule has 0 aliphatic carbocycles. The second kappa shape index (κ2) is 8.77. The van der Waals surface area contributed by atoms with Crippen LogP contribution in [0.25, 0.3) is 0 Å². The van der Waals surface area contributed by atoms with Crippen molar-refractivity contribution in [3.05, 3.63) is 35.9 Å². The van der Waals surface area contributed by atoms with E-state index in [9.17, 15) is 9.90 Å². The van der Waals surface area contributed by atoms with Crippen molar-refractivity contribution in [2.24, 2.45) is 11.7 Å². The summed E-state index contributed by atoms with van der Waals surface area (Å²) in [5, 5.41) is 12.9. The topological polar surface area (TPSA) is 84.6 Å². The molecule has 0 saturated carbocycles. The molecule has 1 aromatic carbocycles. The third-order valence-electron chi connectivity index (χ3n) is 3.35. The Balaban J connectivity index is 2.34. The number of nitrogens with one attached hydrogen (secondary N) is 1. The molecule has 0 aliphatic rings. The Kier molecular flexibility index (Phi) is 7.36. The first-order chi connectivity index (χ1) is 9.91. The van der Waals surface area contributed by atoms with Crippen molar-refractivity contribution in [3.8, 4) is 0 Å². The number of amides is 1. The van der Waals surface area contributed by atoms with Gasteiger partial charge >= 0.3 is 0 Å². The zero-order chi connectivity index (χ0) is 15.8. The van der Waals surface area contributed by atoms with Crippen molar-refractivity contribution in [3.63, 3.8) is 0 Å². The number of primary amides is 1. The third-order valence-corrected chi connectivity index (χ3v) is 3.35. The molecule has 118 valence electrons. The van der Waals surface area contributed by atoms with Crippen LogP contribution >= 0.6 is 0 Å². The fourth-order valence-corrected chi connectivity index (χ4v) is 2.06. The molecular formula is C16H26N2O3. The van der Waals surface area contributed by atoms with Gasteiger partial charge in [0.05, 0.1) is 24.9 Å². The lowest BCUT2D eigenvalue weighted by atomic mass is 10.0. The van der Waals surface area contributed by atoms with Gasteiger partial charge in [0.15, 0.2) is 0 Å². The average molecular weight is 294 g/mol. The number of benzene rings is 1. The molecule has 3 unspecified atom stereocenters. The number of rotatable bonds is 9. The molecular weight excluding hydrogens is 268 g/mol. The molecule has 1 aromatic rings. The molecule has 5 nitrogen and oxygen atoms in total. The largest absolute Gasteiger partial charge is 0.389 e. The van der Waals surface area contributed by atoms with Crippen molar-refractivity contribution in [1.29, 1.82) is 0 Å². The first kappa shape index (κ1) is 17.6. The Labute approximate surface area is 126 Å². The minimum Gasteiger partial charge on any atom is -0.389 e. The lowest BCUT2D eigenvalue weighted by molar-refractivity contribution is -0.121. The van der Waals surface area contributed by atoms with Gasteiger partial charge in [0.2, 0.25) is 5.91 Å². The van der Waals surface area contributed by atoms with E-state index >= 15 is 0 Å². The van der Waals surface area contributed by atoms with Gasteiger partial charge in [-0.25, -0.2) is 0 Å². The smallest absolute Gasteiger partial charge is 0.234 e. The number of carbonyl (C=O) groups is 1. The van der Waals surface area contributed by atoms with Gasteiger partial charge in [0, 0.05) is 6.54 Å². The lowest BCUT2D eigenvalue weighted by Gasteiger charge is -2.22. The van der Waals surface area contributed by atoms with E-state index in [-0.39, 0.29) is 25.2 Å². The standard InChI is InChI=1S/C16H26N2O3/c1-11(2)15(16(17)20)18-9-14(19)10-21-12(3)13-7-5-4-6-8-13/h4-8,11-12,14-15,18-19H,9-10H2,1-3H3,(H2,17,20). The molecule has 5 heteroatoms. The monoisotopic (exact) mass is 294 g/mol. The van der Waals surface area contributed by atoms with E-state index in [0.29, 0.717) is 0 Å². The van der Waals surface area contributed by atoms with Crippen LogP contribution in [0.5, 0.6) is 0 Å². The van der Waals surface area contributed by atoms with Gasteiger partial charge in [-0.05, 0) is 18.4 Å². The molecule has 0 aromatic heterocycles. The minimum atomic E-state index is -0.684. The van der Waals surface area contributed by atoms with Crippen LogP contribution in [0.15, 0.2) is 30.3 Å². The second-order valence-corrected chi connectivity index (χ2v) is 5.57. The van der Waals surface area contributed by atoms with Crippen LogP contribution < -0.4 is 11.1 Å². The first-order valence-corrected chi connectivity index (χ1v) is 7.29. The van der Waals surface area contributed by atoms with Crippen LogP contribution in [0.2, 0.25) is 0 Å². The SMILES string of the molecule is CC(OCC(O)CNC(C(N)=O)C(C)C)c1ccccc1. The van der Waals surface area contributed by atoms with Crippen LogP contribution in [0.4, 0.5) is 0 Å². The molecule has 4 N–H and O–H groups in total. The number of aliphatic hydroxyl groups excluding tert-OH is 1. The van der Waals surface area contributed by atoms with Gasteiger partial charge in [0.1, 0.15) is 0 Å². The highest BCUT2D eigenvalue weighted by molar-refractivity contribution is 5.80. The summed E-state index contributed by atoms with van der Waals surface area (Å²) in [6.07, 6.45) is -0.769. The molecule has 0 heterocycles. The van der Waals surface area contributed by atoms with Gasteiger partial charge in [-0.3, -0.25) is 4.79 Å². The van der Waals surface area contributed by atoms with E-state index in [1.807, 2.05) is 51.1 Å². The zero-order valence-electron chi connectivity index (χ0n) is 13.0. The van der Waals surface area contributed by atoms with E-state index < -0.39 is 18.1 Å².